The summed E-state index contributed by atoms with van der Waals surface area (Å²) < 4.78 is 2.21. The number of benzene rings is 2. The highest BCUT2D eigenvalue weighted by Gasteiger charge is 2.21. The molecule has 0 fully saturated rings. The number of aryl methyl sites for hydroxylation is 2. The summed E-state index contributed by atoms with van der Waals surface area (Å²) in [7, 11) is 2.18. The molecule has 0 amide bonds. The van der Waals surface area contributed by atoms with E-state index >= 15 is 0 Å². The Kier molecular flexibility index (Phi) is 3.67. The van der Waals surface area contributed by atoms with Crippen LogP contribution >= 0.6 is 0 Å². The monoisotopic (exact) mass is 314 g/mol. The molecule has 0 saturated carbocycles. The molecule has 0 spiro atoms. The van der Waals surface area contributed by atoms with E-state index in [1.807, 2.05) is 0 Å². The van der Waals surface area contributed by atoms with Crippen LogP contribution < -0.4 is 0 Å². The molecular weight excluding hydrogens is 292 g/mol. The number of fused-ring (bicyclic) bond motifs is 3. The Morgan fingerprint density at radius 1 is 0.958 bits per heavy atom. The molecule has 0 radical (unpaired) electrons. The lowest BCUT2D eigenvalue weighted by Crippen LogP contribution is -2.27. The van der Waals surface area contributed by atoms with Crippen LogP contribution in [0.3, 0.4) is 0 Å². The molecule has 0 N–H and O–H groups in total. The van der Waals surface area contributed by atoms with Crippen LogP contribution in [0.5, 0.6) is 0 Å². The summed E-state index contributed by atoms with van der Waals surface area (Å²) in [5.74, 6) is 3.34. The van der Waals surface area contributed by atoms with Crippen molar-refractivity contribution in [3.05, 3.63) is 70.4 Å². The van der Waals surface area contributed by atoms with Crippen molar-refractivity contribution in [1.82, 2.24) is 9.47 Å². The maximum absolute atomic E-state index is 3.41. The van der Waals surface area contributed by atoms with E-state index in [9.17, 15) is 0 Å². The number of likely N-dealkylation sites (N-methyl/N-ethyl adjacent to an activating group) is 1. The fraction of sp³-hybridized carbons (Fsp3) is 0.273. The fourth-order valence-electron chi connectivity index (χ4n) is 3.49. The topological polar surface area (TPSA) is 8.17 Å². The van der Waals surface area contributed by atoms with Gasteiger partial charge in [-0.2, -0.15) is 0 Å². The minimum Gasteiger partial charge on any atom is -0.300 e. The molecule has 0 atom stereocenters. The molecule has 3 aromatic rings. The lowest BCUT2D eigenvalue weighted by Gasteiger charge is -2.23. The van der Waals surface area contributed by atoms with E-state index < -0.39 is 0 Å². The van der Waals surface area contributed by atoms with Gasteiger partial charge in [0.2, 0.25) is 0 Å². The minimum atomic E-state index is 0.964. The first-order chi connectivity index (χ1) is 11.6. The van der Waals surface area contributed by atoms with Crippen molar-refractivity contribution in [2.75, 3.05) is 13.6 Å². The van der Waals surface area contributed by atoms with Crippen molar-refractivity contribution in [1.29, 1.82) is 0 Å². The maximum Gasteiger partial charge on any atom is 0.0618 e. The molecule has 0 unspecified atom stereocenters. The van der Waals surface area contributed by atoms with Gasteiger partial charge in [0.1, 0.15) is 0 Å². The molecule has 2 heterocycles. The summed E-state index contributed by atoms with van der Waals surface area (Å²) in [4.78, 5) is 2.37. The van der Waals surface area contributed by atoms with Crippen LogP contribution in [0.2, 0.25) is 0 Å². The zero-order valence-corrected chi connectivity index (χ0v) is 14.6. The Balaban J connectivity index is 1.88. The molecule has 2 aromatic carbocycles. The van der Waals surface area contributed by atoms with Gasteiger partial charge in [0.05, 0.1) is 5.52 Å². The smallest absolute Gasteiger partial charge is 0.0618 e. The zero-order valence-electron chi connectivity index (χ0n) is 14.6. The Morgan fingerprint density at radius 2 is 1.71 bits per heavy atom. The molecule has 2 heteroatoms. The lowest BCUT2D eigenvalue weighted by molar-refractivity contribution is 0.308. The first-order valence-electron chi connectivity index (χ1n) is 8.52. The maximum atomic E-state index is 3.41. The van der Waals surface area contributed by atoms with Crippen molar-refractivity contribution in [3.63, 3.8) is 0 Å². The molecular formula is C22H22N2. The van der Waals surface area contributed by atoms with Gasteiger partial charge >= 0.3 is 0 Å². The second kappa shape index (κ2) is 5.85. The second-order valence-electron chi connectivity index (χ2n) is 6.87. The Labute approximate surface area is 143 Å². The average molecular weight is 314 g/mol. The van der Waals surface area contributed by atoms with Gasteiger partial charge in [-0.25, -0.2) is 0 Å². The first-order valence-corrected chi connectivity index (χ1v) is 8.52. The molecule has 1 aliphatic rings. The van der Waals surface area contributed by atoms with E-state index in [1.54, 1.807) is 0 Å². The van der Waals surface area contributed by atoms with Gasteiger partial charge in [-0.3, -0.25) is 4.57 Å². The summed E-state index contributed by atoms with van der Waals surface area (Å²) in [5.41, 5.74) is 7.70. The number of nitrogens with zero attached hydrogens (tertiary/aromatic N) is 2. The quantitative estimate of drug-likeness (QED) is 0.567. The van der Waals surface area contributed by atoms with E-state index in [4.69, 9.17) is 0 Å². The summed E-state index contributed by atoms with van der Waals surface area (Å²) in [6.45, 7) is 6.35. The second-order valence-corrected chi connectivity index (χ2v) is 6.87. The standard InChI is InChI=1S/C22H22N2/c1-16-4-7-18(8-5-16)10-13-24-21-9-6-17(2)14-20(21)19-11-12-23(3)15-22(19)24/h4-9,14H,11-12,15H2,1-3H3. The number of aromatic nitrogens is 1. The van der Waals surface area contributed by atoms with Crippen LogP contribution in [0.25, 0.3) is 10.9 Å². The average Bonchev–Trinajstić information content (AvgIpc) is 2.86. The molecule has 0 aliphatic carbocycles. The van der Waals surface area contributed by atoms with Crippen LogP contribution in [-0.2, 0) is 13.0 Å². The molecule has 0 bridgehead atoms. The predicted molar refractivity (Wildman–Crippen MR) is 100 cm³/mol. The van der Waals surface area contributed by atoms with Gasteiger partial charge in [-0.1, -0.05) is 29.3 Å². The third kappa shape index (κ3) is 2.62. The van der Waals surface area contributed by atoms with E-state index in [1.165, 1.54) is 33.3 Å². The Bertz CT molecular complexity index is 965. The van der Waals surface area contributed by atoms with Gasteiger partial charge in [-0.05, 0) is 63.1 Å². The summed E-state index contributed by atoms with van der Waals surface area (Å²) >= 11 is 0. The first kappa shape index (κ1) is 15.1. The molecule has 24 heavy (non-hydrogen) atoms. The van der Waals surface area contributed by atoms with E-state index in [0.29, 0.717) is 0 Å². The molecule has 2 nitrogen and oxygen atoms in total. The van der Waals surface area contributed by atoms with Crippen molar-refractivity contribution in [2.45, 2.75) is 26.8 Å². The van der Waals surface area contributed by atoms with Crippen LogP contribution in [0.15, 0.2) is 42.5 Å². The van der Waals surface area contributed by atoms with Gasteiger partial charge in [0.25, 0.3) is 0 Å². The van der Waals surface area contributed by atoms with Crippen LogP contribution in [0.1, 0.15) is 27.9 Å². The lowest BCUT2D eigenvalue weighted by atomic mass is 10.0. The van der Waals surface area contributed by atoms with Crippen molar-refractivity contribution in [2.24, 2.45) is 0 Å². The van der Waals surface area contributed by atoms with Crippen LogP contribution in [0.4, 0.5) is 0 Å². The summed E-state index contributed by atoms with van der Waals surface area (Å²) in [6, 6.07) is 18.5. The predicted octanol–water partition coefficient (Wildman–Crippen LogP) is 4.10. The summed E-state index contributed by atoms with van der Waals surface area (Å²) in [5, 5.41) is 1.37. The molecule has 1 aliphatic heterocycles. The fourth-order valence-corrected chi connectivity index (χ4v) is 3.49. The third-order valence-electron chi connectivity index (χ3n) is 4.86. The van der Waals surface area contributed by atoms with Crippen LogP contribution in [-0.4, -0.2) is 23.1 Å². The molecule has 0 saturated heterocycles. The number of rotatable bonds is 0. The number of hydrogen-bond acceptors (Lipinski definition) is 1. The van der Waals surface area contributed by atoms with E-state index in [0.717, 1.165) is 25.1 Å². The van der Waals surface area contributed by atoms with E-state index in [-0.39, 0.29) is 0 Å². The molecule has 120 valence electrons. The van der Waals surface area contributed by atoms with Gasteiger partial charge in [0.15, 0.2) is 0 Å². The summed E-state index contributed by atoms with van der Waals surface area (Å²) in [6.07, 6.45) is 1.10. The van der Waals surface area contributed by atoms with E-state index in [2.05, 4.69) is 84.8 Å². The highest BCUT2D eigenvalue weighted by molar-refractivity contribution is 5.87. The van der Waals surface area contributed by atoms with Crippen molar-refractivity contribution < 1.29 is 0 Å². The molecule has 4 rings (SSSR count). The third-order valence-corrected chi connectivity index (χ3v) is 4.86. The Morgan fingerprint density at radius 3 is 2.50 bits per heavy atom. The largest absolute Gasteiger partial charge is 0.300 e. The van der Waals surface area contributed by atoms with Crippen molar-refractivity contribution in [3.8, 4) is 12.0 Å². The van der Waals surface area contributed by atoms with Crippen molar-refractivity contribution >= 4 is 10.9 Å². The highest BCUT2D eigenvalue weighted by Crippen LogP contribution is 2.30. The Hall–Kier alpha value is -2.50. The van der Waals surface area contributed by atoms with Gasteiger partial charge in [0, 0.05) is 35.8 Å². The highest BCUT2D eigenvalue weighted by atomic mass is 15.1. The zero-order chi connectivity index (χ0) is 16.7. The SMILES string of the molecule is Cc1ccc(C#Cn2c3c(c4cc(C)ccc42)CCN(C)C3)cc1. The van der Waals surface area contributed by atoms with Gasteiger partial charge < -0.3 is 4.90 Å². The molecule has 1 aromatic heterocycles. The number of hydrogen-bond donors (Lipinski definition) is 0. The van der Waals surface area contributed by atoms with Gasteiger partial charge in [-0.15, -0.1) is 0 Å². The minimum absolute atomic E-state index is 0.964. The normalized spacial score (nSPS) is 14.3. The van der Waals surface area contributed by atoms with Crippen LogP contribution in [0, 0.1) is 25.8 Å².